The van der Waals surface area contributed by atoms with Gasteiger partial charge in [0.05, 0.1) is 12.2 Å². The average molecular weight is 421 g/mol. The van der Waals surface area contributed by atoms with Crippen LogP contribution in [0.4, 0.5) is 10.7 Å². The smallest absolute Gasteiger partial charge is 0.258 e. The van der Waals surface area contributed by atoms with Gasteiger partial charge in [-0.3, -0.25) is 9.59 Å². The van der Waals surface area contributed by atoms with Crippen molar-refractivity contribution in [3.8, 4) is 5.75 Å². The van der Waals surface area contributed by atoms with Crippen LogP contribution in [0, 0.1) is 6.92 Å². The number of hydrogen-bond donors (Lipinski definition) is 2. The molecule has 4 rings (SSSR count). The molecule has 1 heterocycles. The Morgan fingerprint density at radius 2 is 1.70 bits per heavy atom. The van der Waals surface area contributed by atoms with Crippen LogP contribution in [0.1, 0.15) is 50.1 Å². The number of fused-ring (bicyclic) bond motifs is 1. The Morgan fingerprint density at radius 3 is 2.40 bits per heavy atom. The molecule has 2 amide bonds. The molecule has 0 radical (unpaired) electrons. The van der Waals surface area contributed by atoms with Gasteiger partial charge in [-0.05, 0) is 75.1 Å². The summed E-state index contributed by atoms with van der Waals surface area (Å²) < 4.78 is 5.45. The van der Waals surface area contributed by atoms with E-state index in [1.807, 2.05) is 50.2 Å². The van der Waals surface area contributed by atoms with Crippen LogP contribution in [0.5, 0.6) is 5.75 Å². The predicted molar refractivity (Wildman–Crippen MR) is 121 cm³/mol. The predicted octanol–water partition coefficient (Wildman–Crippen LogP) is 5.45. The Kier molecular flexibility index (Phi) is 5.86. The highest BCUT2D eigenvalue weighted by atomic mass is 32.1. The summed E-state index contributed by atoms with van der Waals surface area (Å²) in [7, 11) is 0. The lowest BCUT2D eigenvalue weighted by Gasteiger charge is -2.10. The van der Waals surface area contributed by atoms with Crippen LogP contribution < -0.4 is 15.4 Å². The molecule has 0 bridgehead atoms. The number of anilines is 2. The van der Waals surface area contributed by atoms with Crippen LogP contribution in [0.3, 0.4) is 0 Å². The zero-order valence-electron chi connectivity index (χ0n) is 17.1. The number of ether oxygens (including phenoxy) is 1. The van der Waals surface area contributed by atoms with Crippen molar-refractivity contribution in [3.63, 3.8) is 0 Å². The maximum absolute atomic E-state index is 13.1. The van der Waals surface area contributed by atoms with Gasteiger partial charge in [0.1, 0.15) is 10.8 Å². The van der Waals surface area contributed by atoms with E-state index in [0.29, 0.717) is 28.4 Å². The molecule has 1 aliphatic rings. The molecular weight excluding hydrogens is 396 g/mol. The minimum Gasteiger partial charge on any atom is -0.494 e. The molecule has 30 heavy (non-hydrogen) atoms. The highest BCUT2D eigenvalue weighted by Crippen LogP contribution is 2.39. The lowest BCUT2D eigenvalue weighted by atomic mass is 10.1. The molecule has 3 aromatic rings. The van der Waals surface area contributed by atoms with E-state index in [0.717, 1.165) is 36.1 Å². The molecule has 1 aromatic heterocycles. The van der Waals surface area contributed by atoms with Crippen LogP contribution in [-0.2, 0) is 12.8 Å². The Labute approximate surface area is 180 Å². The summed E-state index contributed by atoms with van der Waals surface area (Å²) in [6, 6.07) is 14.7. The number of carbonyl (C=O) groups excluding carboxylic acids is 2. The first-order chi connectivity index (χ1) is 14.5. The third-order valence-corrected chi connectivity index (χ3v) is 6.32. The summed E-state index contributed by atoms with van der Waals surface area (Å²) in [5, 5.41) is 6.55. The van der Waals surface area contributed by atoms with Gasteiger partial charge >= 0.3 is 0 Å². The van der Waals surface area contributed by atoms with Crippen molar-refractivity contribution in [2.24, 2.45) is 0 Å². The first kappa shape index (κ1) is 20.2. The molecule has 6 heteroatoms. The standard InChI is InChI=1S/C24H24N2O3S/c1-3-29-18-13-11-17(12-14-18)25-23(28)21-19-5-4-6-20(19)30-24(21)26-22(27)16-9-7-15(2)8-10-16/h7-14H,3-6H2,1-2H3,(H,25,28)(H,26,27). The van der Waals surface area contributed by atoms with Crippen molar-refractivity contribution < 1.29 is 14.3 Å². The monoisotopic (exact) mass is 420 g/mol. The van der Waals surface area contributed by atoms with Gasteiger partial charge in [0.25, 0.3) is 11.8 Å². The number of aryl methyl sites for hydroxylation is 2. The van der Waals surface area contributed by atoms with E-state index in [4.69, 9.17) is 4.74 Å². The minimum absolute atomic E-state index is 0.197. The normalized spacial score (nSPS) is 12.3. The molecular formula is C24H24N2O3S. The highest BCUT2D eigenvalue weighted by Gasteiger charge is 2.27. The zero-order chi connectivity index (χ0) is 21.1. The van der Waals surface area contributed by atoms with Crippen molar-refractivity contribution >= 4 is 33.8 Å². The molecule has 154 valence electrons. The van der Waals surface area contributed by atoms with Gasteiger partial charge in [-0.2, -0.15) is 0 Å². The topological polar surface area (TPSA) is 67.4 Å². The third-order valence-electron chi connectivity index (χ3n) is 5.11. The Bertz CT molecular complexity index is 1070. The van der Waals surface area contributed by atoms with Gasteiger partial charge < -0.3 is 15.4 Å². The Balaban J connectivity index is 1.57. The highest BCUT2D eigenvalue weighted by molar-refractivity contribution is 7.17. The van der Waals surface area contributed by atoms with Crippen LogP contribution >= 0.6 is 11.3 Å². The molecule has 0 saturated heterocycles. The zero-order valence-corrected chi connectivity index (χ0v) is 17.9. The maximum atomic E-state index is 13.1. The lowest BCUT2D eigenvalue weighted by molar-refractivity contribution is 0.102. The number of nitrogens with one attached hydrogen (secondary N) is 2. The molecule has 0 fully saturated rings. The van der Waals surface area contributed by atoms with E-state index in [1.165, 1.54) is 16.2 Å². The van der Waals surface area contributed by atoms with Crippen molar-refractivity contribution in [2.45, 2.75) is 33.1 Å². The number of amides is 2. The molecule has 5 nitrogen and oxygen atoms in total. The second-order valence-electron chi connectivity index (χ2n) is 7.29. The Morgan fingerprint density at radius 1 is 0.967 bits per heavy atom. The number of benzene rings is 2. The SMILES string of the molecule is CCOc1ccc(NC(=O)c2c(NC(=O)c3ccc(C)cc3)sc3c2CCC3)cc1. The van der Waals surface area contributed by atoms with Crippen LogP contribution in [0.25, 0.3) is 0 Å². The summed E-state index contributed by atoms with van der Waals surface area (Å²) in [5.41, 5.74) is 4.01. The first-order valence-corrected chi connectivity index (χ1v) is 10.9. The van der Waals surface area contributed by atoms with Gasteiger partial charge in [0.2, 0.25) is 0 Å². The van der Waals surface area contributed by atoms with Gasteiger partial charge in [-0.1, -0.05) is 17.7 Å². The van der Waals surface area contributed by atoms with E-state index in [9.17, 15) is 9.59 Å². The summed E-state index contributed by atoms with van der Waals surface area (Å²) in [6.45, 7) is 4.50. The second-order valence-corrected chi connectivity index (χ2v) is 8.40. The molecule has 0 unspecified atom stereocenters. The van der Waals surface area contributed by atoms with Gasteiger partial charge in [0.15, 0.2) is 0 Å². The van der Waals surface area contributed by atoms with E-state index in [2.05, 4.69) is 10.6 Å². The number of thiophene rings is 1. The van der Waals surface area contributed by atoms with Crippen molar-refractivity contribution in [3.05, 3.63) is 75.7 Å². The molecule has 1 aliphatic carbocycles. The average Bonchev–Trinajstić information content (AvgIpc) is 3.31. The van der Waals surface area contributed by atoms with Crippen molar-refractivity contribution in [2.75, 3.05) is 17.2 Å². The summed E-state index contributed by atoms with van der Waals surface area (Å²) in [5.74, 6) is 0.362. The van der Waals surface area contributed by atoms with E-state index < -0.39 is 0 Å². The third kappa shape index (κ3) is 4.24. The first-order valence-electron chi connectivity index (χ1n) is 10.1. The Hall–Kier alpha value is -3.12. The number of rotatable bonds is 6. The fourth-order valence-electron chi connectivity index (χ4n) is 3.61. The molecule has 0 atom stereocenters. The quantitative estimate of drug-likeness (QED) is 0.557. The fraction of sp³-hybridized carbons (Fsp3) is 0.250. The van der Waals surface area contributed by atoms with Crippen LogP contribution in [0.15, 0.2) is 48.5 Å². The maximum Gasteiger partial charge on any atom is 0.258 e. The second kappa shape index (κ2) is 8.71. The van der Waals surface area contributed by atoms with E-state index in [-0.39, 0.29) is 11.8 Å². The van der Waals surface area contributed by atoms with Gasteiger partial charge in [0, 0.05) is 16.1 Å². The number of hydrogen-bond acceptors (Lipinski definition) is 4. The summed E-state index contributed by atoms with van der Waals surface area (Å²) in [6.07, 6.45) is 2.85. The minimum atomic E-state index is -0.204. The van der Waals surface area contributed by atoms with Crippen LogP contribution in [0.2, 0.25) is 0 Å². The molecule has 0 saturated carbocycles. The lowest BCUT2D eigenvalue weighted by Crippen LogP contribution is -2.18. The summed E-state index contributed by atoms with van der Waals surface area (Å²) in [4.78, 5) is 27.1. The van der Waals surface area contributed by atoms with Gasteiger partial charge in [-0.25, -0.2) is 0 Å². The molecule has 0 aliphatic heterocycles. The fourth-order valence-corrected chi connectivity index (χ4v) is 4.89. The number of carbonyl (C=O) groups is 2. The molecule has 2 aromatic carbocycles. The van der Waals surface area contributed by atoms with Gasteiger partial charge in [-0.15, -0.1) is 11.3 Å². The van der Waals surface area contributed by atoms with Crippen molar-refractivity contribution in [1.82, 2.24) is 0 Å². The molecule has 2 N–H and O–H groups in total. The van der Waals surface area contributed by atoms with E-state index in [1.54, 1.807) is 12.1 Å². The largest absolute Gasteiger partial charge is 0.494 e. The summed E-state index contributed by atoms with van der Waals surface area (Å²) >= 11 is 1.51. The van der Waals surface area contributed by atoms with Crippen LogP contribution in [-0.4, -0.2) is 18.4 Å². The van der Waals surface area contributed by atoms with E-state index >= 15 is 0 Å². The molecule has 0 spiro atoms. The van der Waals surface area contributed by atoms with Crippen molar-refractivity contribution in [1.29, 1.82) is 0 Å².